The smallest absolute Gasteiger partial charge is 0.190 e. The monoisotopic (exact) mass is 299 g/mol. The molecule has 5 nitrogen and oxygen atoms in total. The Labute approximate surface area is 129 Å². The van der Waals surface area contributed by atoms with E-state index in [2.05, 4.69) is 29.5 Å². The van der Waals surface area contributed by atoms with E-state index >= 15 is 0 Å². The van der Waals surface area contributed by atoms with Crippen LogP contribution < -0.4 is 10.6 Å². The SMILES string of the molecule is CN=C(NCCCOC1CCOCC1)NCCCC(C)C. The van der Waals surface area contributed by atoms with Crippen LogP contribution in [0, 0.1) is 5.92 Å². The Morgan fingerprint density at radius 3 is 2.48 bits per heavy atom. The standard InChI is InChI=1S/C16H33N3O2/c1-14(2)6-4-9-18-16(17-3)19-10-5-11-21-15-7-12-20-13-8-15/h14-15H,4-13H2,1-3H3,(H2,17,18,19). The number of nitrogens with zero attached hydrogens (tertiary/aromatic N) is 1. The summed E-state index contributed by atoms with van der Waals surface area (Å²) in [6.07, 6.45) is 5.91. The van der Waals surface area contributed by atoms with Crippen molar-refractivity contribution in [3.05, 3.63) is 0 Å². The van der Waals surface area contributed by atoms with Crippen LogP contribution in [0.4, 0.5) is 0 Å². The first kappa shape index (κ1) is 18.2. The predicted octanol–water partition coefficient (Wildman–Crippen LogP) is 2.17. The van der Waals surface area contributed by atoms with E-state index in [9.17, 15) is 0 Å². The quantitative estimate of drug-likeness (QED) is 0.389. The Hall–Kier alpha value is -0.810. The highest BCUT2D eigenvalue weighted by Crippen LogP contribution is 2.10. The van der Waals surface area contributed by atoms with Gasteiger partial charge in [0.25, 0.3) is 0 Å². The Balaban J connectivity index is 1.96. The van der Waals surface area contributed by atoms with Crippen molar-refractivity contribution in [1.82, 2.24) is 10.6 Å². The van der Waals surface area contributed by atoms with Gasteiger partial charge < -0.3 is 20.1 Å². The second kappa shape index (κ2) is 11.8. The Kier molecular flexibility index (Phi) is 10.3. The number of ether oxygens (including phenoxy) is 2. The fraction of sp³-hybridized carbons (Fsp3) is 0.938. The van der Waals surface area contributed by atoms with Gasteiger partial charge in [0, 0.05) is 40.0 Å². The molecular formula is C16H33N3O2. The molecule has 0 bridgehead atoms. The van der Waals surface area contributed by atoms with Crippen LogP contribution in [-0.2, 0) is 9.47 Å². The summed E-state index contributed by atoms with van der Waals surface area (Å²) in [5, 5.41) is 6.68. The summed E-state index contributed by atoms with van der Waals surface area (Å²) in [5.74, 6) is 1.66. The van der Waals surface area contributed by atoms with Gasteiger partial charge in [-0.15, -0.1) is 0 Å². The Bertz CT molecular complexity index is 277. The molecule has 21 heavy (non-hydrogen) atoms. The molecule has 124 valence electrons. The van der Waals surface area contributed by atoms with Crippen LogP contribution in [-0.4, -0.2) is 52.0 Å². The fourth-order valence-corrected chi connectivity index (χ4v) is 2.31. The van der Waals surface area contributed by atoms with Crippen LogP contribution in [0.3, 0.4) is 0 Å². The molecule has 0 saturated carbocycles. The van der Waals surface area contributed by atoms with E-state index in [1.54, 1.807) is 0 Å². The zero-order valence-corrected chi connectivity index (χ0v) is 14.0. The number of rotatable bonds is 9. The van der Waals surface area contributed by atoms with Gasteiger partial charge in [-0.25, -0.2) is 0 Å². The summed E-state index contributed by atoms with van der Waals surface area (Å²) in [4.78, 5) is 4.23. The lowest BCUT2D eigenvalue weighted by atomic mass is 10.1. The molecule has 1 fully saturated rings. The largest absolute Gasteiger partial charge is 0.381 e. The highest BCUT2D eigenvalue weighted by molar-refractivity contribution is 5.79. The van der Waals surface area contributed by atoms with Crippen molar-refractivity contribution in [2.24, 2.45) is 10.9 Å². The lowest BCUT2D eigenvalue weighted by Crippen LogP contribution is -2.38. The first-order valence-corrected chi connectivity index (χ1v) is 8.36. The van der Waals surface area contributed by atoms with Crippen molar-refractivity contribution in [2.45, 2.75) is 52.1 Å². The van der Waals surface area contributed by atoms with Gasteiger partial charge in [-0.3, -0.25) is 4.99 Å². The van der Waals surface area contributed by atoms with Gasteiger partial charge in [0.1, 0.15) is 0 Å². The van der Waals surface area contributed by atoms with Crippen LogP contribution in [0.5, 0.6) is 0 Å². The van der Waals surface area contributed by atoms with E-state index in [0.717, 1.165) is 64.1 Å². The van der Waals surface area contributed by atoms with Crippen LogP contribution >= 0.6 is 0 Å². The van der Waals surface area contributed by atoms with Crippen LogP contribution in [0.2, 0.25) is 0 Å². The third kappa shape index (κ3) is 9.69. The van der Waals surface area contributed by atoms with Crippen molar-refractivity contribution >= 4 is 5.96 Å². The van der Waals surface area contributed by atoms with Crippen molar-refractivity contribution in [3.63, 3.8) is 0 Å². The molecule has 0 unspecified atom stereocenters. The molecule has 1 heterocycles. The molecule has 0 spiro atoms. The van der Waals surface area contributed by atoms with E-state index in [1.165, 1.54) is 12.8 Å². The molecule has 0 aliphatic carbocycles. The minimum atomic E-state index is 0.396. The summed E-state index contributed by atoms with van der Waals surface area (Å²) >= 11 is 0. The van der Waals surface area contributed by atoms with Crippen molar-refractivity contribution < 1.29 is 9.47 Å². The van der Waals surface area contributed by atoms with Gasteiger partial charge in [-0.2, -0.15) is 0 Å². The molecule has 1 aliphatic rings. The molecule has 1 rings (SSSR count). The number of hydrogen-bond acceptors (Lipinski definition) is 3. The number of hydrogen-bond donors (Lipinski definition) is 2. The minimum Gasteiger partial charge on any atom is -0.381 e. The highest BCUT2D eigenvalue weighted by Gasteiger charge is 2.13. The zero-order valence-electron chi connectivity index (χ0n) is 14.0. The number of aliphatic imine (C=N–C) groups is 1. The molecule has 0 aromatic carbocycles. The molecule has 0 atom stereocenters. The first-order valence-electron chi connectivity index (χ1n) is 8.36. The van der Waals surface area contributed by atoms with Crippen molar-refractivity contribution in [3.8, 4) is 0 Å². The summed E-state index contributed by atoms with van der Waals surface area (Å²) in [7, 11) is 1.82. The van der Waals surface area contributed by atoms with Gasteiger partial charge >= 0.3 is 0 Å². The maximum atomic E-state index is 5.84. The van der Waals surface area contributed by atoms with Crippen LogP contribution in [0.25, 0.3) is 0 Å². The van der Waals surface area contributed by atoms with E-state index in [-0.39, 0.29) is 0 Å². The summed E-state index contributed by atoms with van der Waals surface area (Å²) < 4.78 is 11.2. The predicted molar refractivity (Wildman–Crippen MR) is 87.8 cm³/mol. The van der Waals surface area contributed by atoms with Crippen LogP contribution in [0.1, 0.15) is 46.0 Å². The molecular weight excluding hydrogens is 266 g/mol. The summed E-state index contributed by atoms with van der Waals surface area (Å²) in [6.45, 7) is 8.88. The van der Waals surface area contributed by atoms with Crippen molar-refractivity contribution in [2.75, 3.05) is 40.0 Å². The van der Waals surface area contributed by atoms with E-state index in [4.69, 9.17) is 9.47 Å². The second-order valence-electron chi connectivity index (χ2n) is 6.00. The normalized spacial score (nSPS) is 17.2. The molecule has 5 heteroatoms. The number of guanidine groups is 1. The van der Waals surface area contributed by atoms with Crippen molar-refractivity contribution in [1.29, 1.82) is 0 Å². The van der Waals surface area contributed by atoms with E-state index in [0.29, 0.717) is 6.10 Å². The van der Waals surface area contributed by atoms with Gasteiger partial charge in [0.2, 0.25) is 0 Å². The fourth-order valence-electron chi connectivity index (χ4n) is 2.31. The van der Waals surface area contributed by atoms with Gasteiger partial charge in [0.15, 0.2) is 5.96 Å². The van der Waals surface area contributed by atoms with E-state index in [1.807, 2.05) is 7.05 Å². The average molecular weight is 299 g/mol. The highest BCUT2D eigenvalue weighted by atomic mass is 16.5. The molecule has 0 radical (unpaired) electrons. The molecule has 1 saturated heterocycles. The average Bonchev–Trinajstić information content (AvgIpc) is 2.50. The zero-order chi connectivity index (χ0) is 15.3. The topological polar surface area (TPSA) is 54.9 Å². The summed E-state index contributed by atoms with van der Waals surface area (Å²) in [6, 6.07) is 0. The third-order valence-corrected chi connectivity index (χ3v) is 3.61. The lowest BCUT2D eigenvalue weighted by molar-refractivity contribution is -0.0320. The first-order chi connectivity index (χ1) is 10.2. The molecule has 1 aliphatic heterocycles. The van der Waals surface area contributed by atoms with Gasteiger partial charge in [-0.1, -0.05) is 13.8 Å². The minimum absolute atomic E-state index is 0.396. The van der Waals surface area contributed by atoms with E-state index < -0.39 is 0 Å². The lowest BCUT2D eigenvalue weighted by Gasteiger charge is -2.22. The maximum Gasteiger partial charge on any atom is 0.190 e. The molecule has 0 aromatic heterocycles. The Morgan fingerprint density at radius 2 is 1.86 bits per heavy atom. The second-order valence-corrected chi connectivity index (χ2v) is 6.00. The van der Waals surface area contributed by atoms with Gasteiger partial charge in [-0.05, 0) is 38.0 Å². The van der Waals surface area contributed by atoms with Gasteiger partial charge in [0.05, 0.1) is 6.10 Å². The molecule has 2 N–H and O–H groups in total. The Morgan fingerprint density at radius 1 is 1.19 bits per heavy atom. The summed E-state index contributed by atoms with van der Waals surface area (Å²) in [5.41, 5.74) is 0. The van der Waals surface area contributed by atoms with Crippen LogP contribution in [0.15, 0.2) is 4.99 Å². The molecule has 0 aromatic rings. The third-order valence-electron chi connectivity index (χ3n) is 3.61. The molecule has 0 amide bonds. The maximum absolute atomic E-state index is 5.84. The number of nitrogens with one attached hydrogen (secondary N) is 2.